The first-order valence-electron chi connectivity index (χ1n) is 9.93. The summed E-state index contributed by atoms with van der Waals surface area (Å²) in [5.41, 5.74) is 2.49. The average molecular weight is 469 g/mol. The van der Waals surface area contributed by atoms with Crippen LogP contribution in [0.4, 0.5) is 10.2 Å². The highest BCUT2D eigenvalue weighted by atomic mass is 79.9. The Bertz CT molecular complexity index is 1020. The summed E-state index contributed by atoms with van der Waals surface area (Å²) in [5, 5.41) is 3.04. The summed E-state index contributed by atoms with van der Waals surface area (Å²) in [5.74, 6) is 0.613. The van der Waals surface area contributed by atoms with Crippen molar-refractivity contribution in [3.05, 3.63) is 76.8 Å². The molecule has 1 aliphatic heterocycles. The SMILES string of the molecule is O=C(NCc1ccc(Br)cc1)C1CCN(c2cc(-c3cccc(F)c3)ncn2)CC1. The number of aromatic nitrogens is 2. The van der Waals surface area contributed by atoms with Crippen LogP contribution in [-0.4, -0.2) is 29.0 Å². The summed E-state index contributed by atoms with van der Waals surface area (Å²) in [6, 6.07) is 16.2. The molecule has 0 spiro atoms. The van der Waals surface area contributed by atoms with Crippen molar-refractivity contribution >= 4 is 27.7 Å². The Morgan fingerprint density at radius 1 is 1.10 bits per heavy atom. The topological polar surface area (TPSA) is 58.1 Å². The lowest BCUT2D eigenvalue weighted by Gasteiger charge is -2.32. The van der Waals surface area contributed by atoms with Crippen LogP contribution in [0.15, 0.2) is 65.4 Å². The number of hydrogen-bond acceptors (Lipinski definition) is 4. The van der Waals surface area contributed by atoms with Crippen LogP contribution in [0.3, 0.4) is 0 Å². The van der Waals surface area contributed by atoms with Crippen molar-refractivity contribution in [2.45, 2.75) is 19.4 Å². The second-order valence-electron chi connectivity index (χ2n) is 7.38. The molecule has 1 aliphatic rings. The molecule has 0 atom stereocenters. The number of anilines is 1. The van der Waals surface area contributed by atoms with Gasteiger partial charge in [0, 0.05) is 41.7 Å². The molecular formula is C23H22BrFN4O. The highest BCUT2D eigenvalue weighted by molar-refractivity contribution is 9.10. The van der Waals surface area contributed by atoms with Crippen molar-refractivity contribution < 1.29 is 9.18 Å². The fourth-order valence-corrected chi connectivity index (χ4v) is 3.90. The monoisotopic (exact) mass is 468 g/mol. The molecule has 0 bridgehead atoms. The Morgan fingerprint density at radius 2 is 1.87 bits per heavy atom. The molecule has 1 amide bonds. The smallest absolute Gasteiger partial charge is 0.223 e. The van der Waals surface area contributed by atoms with E-state index in [4.69, 9.17) is 0 Å². The van der Waals surface area contributed by atoms with E-state index in [1.165, 1.54) is 18.5 Å². The van der Waals surface area contributed by atoms with Crippen molar-refractivity contribution in [2.24, 2.45) is 5.92 Å². The average Bonchev–Trinajstić information content (AvgIpc) is 2.79. The lowest BCUT2D eigenvalue weighted by Crippen LogP contribution is -2.40. The molecule has 30 heavy (non-hydrogen) atoms. The Morgan fingerprint density at radius 3 is 2.60 bits per heavy atom. The molecule has 0 aliphatic carbocycles. The van der Waals surface area contributed by atoms with Gasteiger partial charge in [0.05, 0.1) is 5.69 Å². The van der Waals surface area contributed by atoms with Crippen LogP contribution in [-0.2, 0) is 11.3 Å². The second kappa shape index (κ2) is 9.34. The van der Waals surface area contributed by atoms with Gasteiger partial charge in [-0.1, -0.05) is 40.2 Å². The molecular weight excluding hydrogens is 447 g/mol. The van der Waals surface area contributed by atoms with Gasteiger partial charge in [-0.05, 0) is 42.7 Å². The third kappa shape index (κ3) is 5.02. The van der Waals surface area contributed by atoms with Gasteiger partial charge in [-0.3, -0.25) is 4.79 Å². The van der Waals surface area contributed by atoms with Crippen LogP contribution in [0.25, 0.3) is 11.3 Å². The number of rotatable bonds is 5. The summed E-state index contributed by atoms with van der Waals surface area (Å²) >= 11 is 3.42. The molecule has 1 aromatic heterocycles. The maximum atomic E-state index is 13.5. The summed E-state index contributed by atoms with van der Waals surface area (Å²) < 4.78 is 14.5. The van der Waals surface area contributed by atoms with Gasteiger partial charge >= 0.3 is 0 Å². The van der Waals surface area contributed by atoms with Crippen LogP contribution in [0.2, 0.25) is 0 Å². The number of piperidine rings is 1. The summed E-state index contributed by atoms with van der Waals surface area (Å²) in [7, 11) is 0. The number of hydrogen-bond donors (Lipinski definition) is 1. The minimum atomic E-state index is -0.289. The van der Waals surface area contributed by atoms with E-state index in [-0.39, 0.29) is 17.6 Å². The largest absolute Gasteiger partial charge is 0.356 e. The van der Waals surface area contributed by atoms with Crippen LogP contribution in [0, 0.1) is 11.7 Å². The van der Waals surface area contributed by atoms with E-state index in [1.807, 2.05) is 36.4 Å². The van der Waals surface area contributed by atoms with Crippen molar-refractivity contribution in [3.8, 4) is 11.3 Å². The molecule has 1 N–H and O–H groups in total. The molecule has 4 rings (SSSR count). The molecule has 5 nitrogen and oxygen atoms in total. The van der Waals surface area contributed by atoms with Gasteiger partial charge in [-0.2, -0.15) is 0 Å². The van der Waals surface area contributed by atoms with E-state index in [2.05, 4.69) is 36.1 Å². The van der Waals surface area contributed by atoms with E-state index in [0.717, 1.165) is 47.3 Å². The highest BCUT2D eigenvalue weighted by Crippen LogP contribution is 2.25. The van der Waals surface area contributed by atoms with E-state index >= 15 is 0 Å². The Balaban J connectivity index is 1.33. The van der Waals surface area contributed by atoms with Gasteiger partial charge < -0.3 is 10.2 Å². The Kier molecular flexibility index (Phi) is 6.38. The molecule has 1 fully saturated rings. The van der Waals surface area contributed by atoms with Crippen LogP contribution in [0.1, 0.15) is 18.4 Å². The van der Waals surface area contributed by atoms with Gasteiger partial charge in [0.25, 0.3) is 0 Å². The number of amides is 1. The first kappa shape index (κ1) is 20.5. The molecule has 0 radical (unpaired) electrons. The molecule has 7 heteroatoms. The van der Waals surface area contributed by atoms with Crippen molar-refractivity contribution in [1.82, 2.24) is 15.3 Å². The summed E-state index contributed by atoms with van der Waals surface area (Å²) in [6.45, 7) is 2.03. The Hall–Kier alpha value is -2.80. The first-order chi connectivity index (χ1) is 14.6. The fraction of sp³-hybridized carbons (Fsp3) is 0.261. The number of nitrogens with one attached hydrogen (secondary N) is 1. The van der Waals surface area contributed by atoms with E-state index < -0.39 is 0 Å². The second-order valence-corrected chi connectivity index (χ2v) is 8.29. The normalized spacial score (nSPS) is 14.5. The van der Waals surface area contributed by atoms with Crippen LogP contribution in [0.5, 0.6) is 0 Å². The van der Waals surface area contributed by atoms with Gasteiger partial charge in [-0.25, -0.2) is 14.4 Å². The number of carbonyl (C=O) groups is 1. The third-order valence-electron chi connectivity index (χ3n) is 5.34. The maximum absolute atomic E-state index is 13.5. The highest BCUT2D eigenvalue weighted by Gasteiger charge is 2.25. The minimum Gasteiger partial charge on any atom is -0.356 e. The molecule has 0 unspecified atom stereocenters. The zero-order chi connectivity index (χ0) is 20.9. The van der Waals surface area contributed by atoms with E-state index in [0.29, 0.717) is 12.2 Å². The predicted octanol–water partition coefficient (Wildman–Crippen LogP) is 4.58. The number of halogens is 2. The van der Waals surface area contributed by atoms with Gasteiger partial charge in [0.2, 0.25) is 5.91 Å². The zero-order valence-electron chi connectivity index (χ0n) is 16.4. The van der Waals surface area contributed by atoms with E-state index in [1.54, 1.807) is 6.07 Å². The minimum absolute atomic E-state index is 0.00113. The number of nitrogens with zero attached hydrogens (tertiary/aromatic N) is 3. The van der Waals surface area contributed by atoms with Gasteiger partial charge in [0.1, 0.15) is 18.0 Å². The van der Waals surface area contributed by atoms with Gasteiger partial charge in [-0.15, -0.1) is 0 Å². The van der Waals surface area contributed by atoms with E-state index in [9.17, 15) is 9.18 Å². The first-order valence-corrected chi connectivity index (χ1v) is 10.7. The lowest BCUT2D eigenvalue weighted by atomic mass is 9.95. The summed E-state index contributed by atoms with van der Waals surface area (Å²) in [4.78, 5) is 23.4. The number of carbonyl (C=O) groups excluding carboxylic acids is 1. The van der Waals surface area contributed by atoms with Crippen LogP contribution < -0.4 is 10.2 Å². The van der Waals surface area contributed by atoms with Crippen molar-refractivity contribution in [2.75, 3.05) is 18.0 Å². The molecule has 0 saturated carbocycles. The number of benzene rings is 2. The van der Waals surface area contributed by atoms with Crippen molar-refractivity contribution in [1.29, 1.82) is 0 Å². The zero-order valence-corrected chi connectivity index (χ0v) is 18.0. The quantitative estimate of drug-likeness (QED) is 0.595. The lowest BCUT2D eigenvalue weighted by molar-refractivity contribution is -0.125. The molecule has 1 saturated heterocycles. The van der Waals surface area contributed by atoms with Gasteiger partial charge in [0.15, 0.2) is 0 Å². The van der Waals surface area contributed by atoms with Crippen molar-refractivity contribution in [3.63, 3.8) is 0 Å². The Labute approximate surface area is 183 Å². The third-order valence-corrected chi connectivity index (χ3v) is 5.87. The molecule has 154 valence electrons. The standard InChI is InChI=1S/C23H22BrFN4O/c24-19-6-4-16(5-7-19)14-26-23(30)17-8-10-29(11-9-17)22-13-21(27-15-28-22)18-2-1-3-20(25)12-18/h1-7,12-13,15,17H,8-11,14H2,(H,26,30). The molecule has 2 heterocycles. The fourth-order valence-electron chi connectivity index (χ4n) is 3.63. The van der Waals surface area contributed by atoms with Crippen LogP contribution >= 0.6 is 15.9 Å². The summed E-state index contributed by atoms with van der Waals surface area (Å²) in [6.07, 6.45) is 3.05. The molecule has 2 aromatic carbocycles. The molecule has 3 aromatic rings. The predicted molar refractivity (Wildman–Crippen MR) is 118 cm³/mol. The maximum Gasteiger partial charge on any atom is 0.223 e.